The number of anilines is 1. The van der Waals surface area contributed by atoms with Gasteiger partial charge < -0.3 is 9.47 Å². The van der Waals surface area contributed by atoms with E-state index in [2.05, 4.69) is 14.9 Å². The van der Waals surface area contributed by atoms with Gasteiger partial charge in [0.1, 0.15) is 5.02 Å². The number of hydrogen-bond acceptors (Lipinski definition) is 5. The van der Waals surface area contributed by atoms with E-state index in [0.29, 0.717) is 17.8 Å². The second kappa shape index (κ2) is 6.00. The first kappa shape index (κ1) is 16.4. The molecule has 25 heavy (non-hydrogen) atoms. The fourth-order valence-electron chi connectivity index (χ4n) is 3.76. The van der Waals surface area contributed by atoms with E-state index in [-0.39, 0.29) is 16.1 Å². The van der Waals surface area contributed by atoms with Crippen molar-refractivity contribution in [2.75, 3.05) is 18.0 Å². The Bertz CT molecular complexity index is 925. The molecule has 8 heteroatoms. The third kappa shape index (κ3) is 2.77. The van der Waals surface area contributed by atoms with Crippen molar-refractivity contribution in [2.45, 2.75) is 25.0 Å². The van der Waals surface area contributed by atoms with Gasteiger partial charge in [-0.15, -0.1) is 0 Å². The number of rotatable bonds is 3. The molecule has 0 aliphatic carbocycles. The summed E-state index contributed by atoms with van der Waals surface area (Å²) in [6.45, 7) is 2.41. The van der Waals surface area contributed by atoms with E-state index in [1.54, 1.807) is 30.9 Å². The van der Waals surface area contributed by atoms with Crippen LogP contribution < -0.4 is 16.0 Å². The number of piperazine rings is 1. The predicted octanol–water partition coefficient (Wildman–Crippen LogP) is 0.595. The summed E-state index contributed by atoms with van der Waals surface area (Å²) < 4.78 is 2.83. The first-order valence-electron chi connectivity index (χ1n) is 8.32. The van der Waals surface area contributed by atoms with E-state index in [0.717, 1.165) is 31.6 Å². The second-order valence-corrected chi connectivity index (χ2v) is 7.26. The van der Waals surface area contributed by atoms with Gasteiger partial charge in [0.05, 0.1) is 11.9 Å². The lowest BCUT2D eigenvalue weighted by Crippen LogP contribution is -2.68. The molecule has 3 aliphatic heterocycles. The van der Waals surface area contributed by atoms with Crippen LogP contribution in [0.25, 0.3) is 0 Å². The number of aryl methyl sites for hydroxylation is 2. The first-order chi connectivity index (χ1) is 11.9. The van der Waals surface area contributed by atoms with E-state index in [1.807, 2.05) is 12.3 Å². The molecule has 2 atom stereocenters. The van der Waals surface area contributed by atoms with E-state index in [9.17, 15) is 9.59 Å². The summed E-state index contributed by atoms with van der Waals surface area (Å²) in [4.78, 5) is 28.4. The van der Waals surface area contributed by atoms with E-state index >= 15 is 0 Å². The van der Waals surface area contributed by atoms with Gasteiger partial charge in [0.15, 0.2) is 0 Å². The molecule has 0 radical (unpaired) electrons. The third-order valence-corrected chi connectivity index (χ3v) is 5.63. The van der Waals surface area contributed by atoms with E-state index in [4.69, 9.17) is 11.6 Å². The van der Waals surface area contributed by atoms with Crippen LogP contribution in [0.5, 0.6) is 0 Å². The van der Waals surface area contributed by atoms with Crippen LogP contribution >= 0.6 is 11.6 Å². The van der Waals surface area contributed by atoms with Gasteiger partial charge >= 0.3 is 0 Å². The van der Waals surface area contributed by atoms with Crippen molar-refractivity contribution in [3.63, 3.8) is 0 Å². The summed E-state index contributed by atoms with van der Waals surface area (Å²) in [6.07, 6.45) is 4.61. The zero-order valence-electron chi connectivity index (χ0n) is 14.2. The monoisotopic (exact) mass is 361 g/mol. The van der Waals surface area contributed by atoms with Crippen molar-refractivity contribution in [3.8, 4) is 0 Å². The van der Waals surface area contributed by atoms with Gasteiger partial charge in [0.2, 0.25) is 0 Å². The molecule has 2 aromatic rings. The number of piperidine rings is 1. The molecule has 0 spiro atoms. The lowest BCUT2D eigenvalue weighted by atomic mass is 9.86. The molecule has 5 rings (SSSR count). The number of halogens is 1. The molecule has 2 bridgehead atoms. The second-order valence-electron chi connectivity index (χ2n) is 6.88. The van der Waals surface area contributed by atoms with Crippen LogP contribution in [0.2, 0.25) is 5.02 Å². The molecule has 132 valence electrons. The van der Waals surface area contributed by atoms with Gasteiger partial charge in [0, 0.05) is 58.1 Å². The van der Waals surface area contributed by atoms with Gasteiger partial charge in [-0.05, 0) is 18.1 Å². The SMILES string of the molecule is Cn1ccc(CN2C3CC2CN(c2cnn(C)c(=O)c2Cl)C3)cc1=O. The average Bonchev–Trinajstić information content (AvgIpc) is 2.60. The van der Waals surface area contributed by atoms with Crippen molar-refractivity contribution >= 4 is 17.3 Å². The summed E-state index contributed by atoms with van der Waals surface area (Å²) in [7, 11) is 3.35. The Morgan fingerprint density at radius 2 is 1.96 bits per heavy atom. The molecule has 2 aromatic heterocycles. The highest BCUT2D eigenvalue weighted by Gasteiger charge is 2.44. The molecule has 3 aliphatic rings. The minimum atomic E-state index is -0.268. The van der Waals surface area contributed by atoms with Crippen molar-refractivity contribution in [2.24, 2.45) is 14.1 Å². The maximum atomic E-state index is 12.0. The lowest BCUT2D eigenvalue weighted by molar-refractivity contribution is -0.00851. The van der Waals surface area contributed by atoms with Crippen LogP contribution in [0.1, 0.15) is 12.0 Å². The van der Waals surface area contributed by atoms with Crippen LogP contribution in [-0.2, 0) is 20.6 Å². The van der Waals surface area contributed by atoms with Crippen LogP contribution in [0.15, 0.2) is 34.1 Å². The first-order valence-corrected chi connectivity index (χ1v) is 8.70. The Labute approximate surface area is 150 Å². The maximum Gasteiger partial charge on any atom is 0.287 e. The fourth-order valence-corrected chi connectivity index (χ4v) is 4.05. The van der Waals surface area contributed by atoms with Crippen molar-refractivity contribution in [1.29, 1.82) is 0 Å². The van der Waals surface area contributed by atoms with E-state index < -0.39 is 0 Å². The molecule has 5 heterocycles. The molecule has 0 amide bonds. The van der Waals surface area contributed by atoms with Gasteiger partial charge in [-0.2, -0.15) is 5.10 Å². The van der Waals surface area contributed by atoms with Crippen molar-refractivity contribution < 1.29 is 0 Å². The predicted molar refractivity (Wildman–Crippen MR) is 96.1 cm³/mol. The standard InChI is InChI=1S/C17H20ClN5O2/c1-20-4-3-11(5-15(20)24)8-23-12-6-13(23)10-22(9-12)14-7-19-21(2)17(25)16(14)18/h3-5,7,12-13H,6,8-10H2,1-2H3. The topological polar surface area (TPSA) is 63.4 Å². The lowest BCUT2D eigenvalue weighted by Gasteiger charge is -2.57. The quantitative estimate of drug-likeness (QED) is 0.801. The van der Waals surface area contributed by atoms with Crippen molar-refractivity contribution in [3.05, 3.63) is 55.8 Å². The minimum absolute atomic E-state index is 0.0165. The Morgan fingerprint density at radius 1 is 1.24 bits per heavy atom. The summed E-state index contributed by atoms with van der Waals surface area (Å²) in [6, 6.07) is 4.51. The van der Waals surface area contributed by atoms with Crippen LogP contribution in [0.4, 0.5) is 5.69 Å². The molecule has 2 unspecified atom stereocenters. The van der Waals surface area contributed by atoms with Crippen molar-refractivity contribution in [1.82, 2.24) is 19.2 Å². The smallest absolute Gasteiger partial charge is 0.287 e. The highest BCUT2D eigenvalue weighted by Crippen LogP contribution is 2.36. The zero-order valence-corrected chi connectivity index (χ0v) is 15.0. The van der Waals surface area contributed by atoms with Gasteiger partial charge in [0.25, 0.3) is 11.1 Å². The Hall–Kier alpha value is -2.12. The Kier molecular flexibility index (Phi) is 3.92. The van der Waals surface area contributed by atoms with Crippen LogP contribution in [0.3, 0.4) is 0 Å². The zero-order chi connectivity index (χ0) is 17.7. The third-order valence-electron chi connectivity index (χ3n) is 5.28. The highest BCUT2D eigenvalue weighted by molar-refractivity contribution is 6.33. The number of aromatic nitrogens is 3. The summed E-state index contributed by atoms with van der Waals surface area (Å²) >= 11 is 6.23. The summed E-state index contributed by atoms with van der Waals surface area (Å²) in [5.41, 5.74) is 1.51. The van der Waals surface area contributed by atoms with Gasteiger partial charge in [-0.1, -0.05) is 11.6 Å². The molecule has 0 N–H and O–H groups in total. The fraction of sp³-hybridized carbons (Fsp3) is 0.471. The maximum absolute atomic E-state index is 12.0. The number of hydrogen-bond donors (Lipinski definition) is 0. The van der Waals surface area contributed by atoms with Gasteiger partial charge in [-0.25, -0.2) is 4.68 Å². The highest BCUT2D eigenvalue weighted by atomic mass is 35.5. The molecule has 0 aromatic carbocycles. The molecule has 3 saturated heterocycles. The summed E-state index contributed by atoms with van der Waals surface area (Å²) in [5.74, 6) is 0. The molecule has 0 saturated carbocycles. The molecule has 7 nitrogen and oxygen atoms in total. The van der Waals surface area contributed by atoms with Crippen LogP contribution in [-0.4, -0.2) is 44.4 Å². The minimum Gasteiger partial charge on any atom is -0.366 e. The molecule has 3 fully saturated rings. The van der Waals surface area contributed by atoms with E-state index in [1.165, 1.54) is 4.68 Å². The Morgan fingerprint density at radius 3 is 2.64 bits per heavy atom. The normalized spacial score (nSPS) is 22.8. The molecular formula is C17H20ClN5O2. The van der Waals surface area contributed by atoms with Crippen LogP contribution in [0, 0.1) is 0 Å². The molecular weight excluding hydrogens is 342 g/mol. The number of pyridine rings is 1. The summed E-state index contributed by atoms with van der Waals surface area (Å²) in [5, 5.41) is 4.32. The van der Waals surface area contributed by atoms with Gasteiger partial charge in [-0.3, -0.25) is 14.5 Å². The number of nitrogens with zero attached hydrogens (tertiary/aromatic N) is 5. The Balaban J connectivity index is 1.49. The number of fused-ring (bicyclic) bond motifs is 2. The average molecular weight is 362 g/mol. The largest absolute Gasteiger partial charge is 0.366 e.